The van der Waals surface area contributed by atoms with E-state index in [2.05, 4.69) is 20.0 Å². The molecular formula is C20H22FN2O+. The number of rotatable bonds is 1. The number of aryl methyl sites for hydroxylation is 1. The zero-order valence-electron chi connectivity index (χ0n) is 14.1. The standard InChI is InChI=1S/C20H21FN2O/c1-13-7-8-18-15(11-13)16-12-22(2)10-9-19(16)23(18)20(24)14-5-3-4-6-17(14)21/h3-8,11,16,19H,9-10,12H2,1-2H3/p+1/t16-,19-/m0/s1. The van der Waals surface area contributed by atoms with Gasteiger partial charge in [-0.2, -0.15) is 0 Å². The summed E-state index contributed by atoms with van der Waals surface area (Å²) in [7, 11) is 2.20. The van der Waals surface area contributed by atoms with Gasteiger partial charge in [0.05, 0.1) is 37.7 Å². The Morgan fingerprint density at radius 1 is 1.25 bits per heavy atom. The molecule has 2 aliphatic heterocycles. The summed E-state index contributed by atoms with van der Waals surface area (Å²) in [6.45, 7) is 4.13. The van der Waals surface area contributed by atoms with Crippen molar-refractivity contribution in [3.05, 3.63) is 65.0 Å². The van der Waals surface area contributed by atoms with Gasteiger partial charge >= 0.3 is 0 Å². The lowest BCUT2D eigenvalue weighted by molar-refractivity contribution is -0.886. The van der Waals surface area contributed by atoms with Crippen LogP contribution in [0.4, 0.5) is 10.1 Å². The van der Waals surface area contributed by atoms with Gasteiger partial charge in [0, 0.05) is 12.1 Å². The van der Waals surface area contributed by atoms with Gasteiger partial charge in [0.2, 0.25) is 0 Å². The zero-order chi connectivity index (χ0) is 16.8. The molecule has 4 rings (SSSR count). The lowest BCUT2D eigenvalue weighted by Gasteiger charge is -2.34. The van der Waals surface area contributed by atoms with E-state index in [-0.39, 0.29) is 17.5 Å². The van der Waals surface area contributed by atoms with E-state index >= 15 is 0 Å². The van der Waals surface area contributed by atoms with Crippen molar-refractivity contribution in [2.45, 2.75) is 25.3 Å². The smallest absolute Gasteiger partial charge is 0.261 e. The molecule has 24 heavy (non-hydrogen) atoms. The van der Waals surface area contributed by atoms with Crippen molar-refractivity contribution in [1.82, 2.24) is 0 Å². The second-order valence-electron chi connectivity index (χ2n) is 7.09. The molecule has 0 bridgehead atoms. The monoisotopic (exact) mass is 325 g/mol. The molecule has 2 aliphatic rings. The first-order chi connectivity index (χ1) is 11.6. The second kappa shape index (κ2) is 5.71. The topological polar surface area (TPSA) is 24.8 Å². The molecule has 0 aliphatic carbocycles. The highest BCUT2D eigenvalue weighted by Gasteiger charge is 2.46. The molecule has 1 N–H and O–H groups in total. The molecule has 3 nitrogen and oxygen atoms in total. The second-order valence-corrected chi connectivity index (χ2v) is 7.09. The minimum atomic E-state index is -0.446. The van der Waals surface area contributed by atoms with Gasteiger partial charge in [0.15, 0.2) is 0 Å². The van der Waals surface area contributed by atoms with Gasteiger partial charge in [-0.3, -0.25) is 4.79 Å². The van der Waals surface area contributed by atoms with E-state index in [1.54, 1.807) is 18.2 Å². The van der Waals surface area contributed by atoms with Gasteiger partial charge in [0.1, 0.15) is 5.82 Å². The molecule has 3 atom stereocenters. The highest BCUT2D eigenvalue weighted by molar-refractivity contribution is 6.08. The molecule has 4 heteroatoms. The van der Waals surface area contributed by atoms with Gasteiger partial charge in [0.25, 0.3) is 5.91 Å². The lowest BCUT2D eigenvalue weighted by Crippen LogP contribution is -3.11. The van der Waals surface area contributed by atoms with Crippen LogP contribution in [0.15, 0.2) is 42.5 Å². The molecule has 0 spiro atoms. The number of nitrogens with zero attached hydrogens (tertiary/aromatic N) is 1. The number of likely N-dealkylation sites (N-methyl/N-ethyl adjacent to an activating group) is 1. The Morgan fingerprint density at radius 2 is 2.04 bits per heavy atom. The summed E-state index contributed by atoms with van der Waals surface area (Å²) in [4.78, 5) is 16.5. The Bertz CT molecular complexity index is 804. The maximum atomic E-state index is 14.2. The molecule has 1 fully saturated rings. The number of benzene rings is 2. The Labute approximate surface area is 141 Å². The number of fused-ring (bicyclic) bond motifs is 3. The van der Waals surface area contributed by atoms with Gasteiger partial charge < -0.3 is 9.80 Å². The molecule has 0 saturated carbocycles. The van der Waals surface area contributed by atoms with Gasteiger partial charge in [-0.1, -0.05) is 29.8 Å². The predicted octanol–water partition coefficient (Wildman–Crippen LogP) is 2.17. The number of likely N-dealkylation sites (tertiary alicyclic amines) is 1. The first kappa shape index (κ1) is 15.3. The van der Waals surface area contributed by atoms with E-state index < -0.39 is 5.82 Å². The summed E-state index contributed by atoms with van der Waals surface area (Å²) in [5, 5.41) is 0. The van der Waals surface area contributed by atoms with Crippen molar-refractivity contribution < 1.29 is 14.1 Å². The van der Waals surface area contributed by atoms with E-state index in [1.165, 1.54) is 22.1 Å². The molecule has 2 aromatic rings. The number of piperidine rings is 1. The molecule has 2 heterocycles. The number of halogens is 1. The number of carbonyl (C=O) groups is 1. The fraction of sp³-hybridized carbons (Fsp3) is 0.350. The number of quaternary nitrogens is 1. The zero-order valence-corrected chi connectivity index (χ0v) is 14.1. The summed E-state index contributed by atoms with van der Waals surface area (Å²) < 4.78 is 14.2. The lowest BCUT2D eigenvalue weighted by atomic mass is 9.88. The fourth-order valence-corrected chi connectivity index (χ4v) is 4.23. The first-order valence-corrected chi connectivity index (χ1v) is 8.56. The average molecular weight is 325 g/mol. The van der Waals surface area contributed by atoms with E-state index in [1.807, 2.05) is 17.0 Å². The van der Waals surface area contributed by atoms with Crippen LogP contribution in [0.1, 0.15) is 33.8 Å². The number of nitrogens with one attached hydrogen (secondary N) is 1. The molecule has 1 amide bonds. The minimum Gasteiger partial charge on any atom is -0.337 e. The van der Waals surface area contributed by atoms with Crippen LogP contribution in [0.2, 0.25) is 0 Å². The highest BCUT2D eigenvalue weighted by Crippen LogP contribution is 2.43. The van der Waals surface area contributed by atoms with Crippen LogP contribution in [-0.4, -0.2) is 32.1 Å². The number of anilines is 1. The number of hydrogen-bond donors (Lipinski definition) is 1. The largest absolute Gasteiger partial charge is 0.337 e. The average Bonchev–Trinajstić information content (AvgIpc) is 2.88. The minimum absolute atomic E-state index is 0.137. The van der Waals surface area contributed by atoms with Gasteiger partial charge in [-0.15, -0.1) is 0 Å². The van der Waals surface area contributed by atoms with Crippen LogP contribution in [0.5, 0.6) is 0 Å². The summed E-state index contributed by atoms with van der Waals surface area (Å²) in [5.74, 6) is -0.326. The summed E-state index contributed by atoms with van der Waals surface area (Å²) >= 11 is 0. The molecule has 124 valence electrons. The first-order valence-electron chi connectivity index (χ1n) is 8.56. The van der Waals surface area contributed by atoms with Crippen LogP contribution in [0.25, 0.3) is 0 Å². The third-order valence-corrected chi connectivity index (χ3v) is 5.40. The number of hydrogen-bond acceptors (Lipinski definition) is 1. The van der Waals surface area contributed by atoms with Crippen LogP contribution < -0.4 is 9.80 Å². The van der Waals surface area contributed by atoms with Crippen LogP contribution >= 0.6 is 0 Å². The predicted molar refractivity (Wildman–Crippen MR) is 92.2 cm³/mol. The van der Waals surface area contributed by atoms with Crippen LogP contribution in [0, 0.1) is 12.7 Å². The summed E-state index contributed by atoms with van der Waals surface area (Å²) in [6.07, 6.45) is 0.949. The molecule has 2 aromatic carbocycles. The van der Waals surface area contributed by atoms with E-state index in [9.17, 15) is 9.18 Å². The van der Waals surface area contributed by atoms with Gasteiger partial charge in [-0.05, 0) is 30.7 Å². The maximum Gasteiger partial charge on any atom is 0.261 e. The number of amides is 1. The molecule has 0 aromatic heterocycles. The van der Waals surface area contributed by atoms with Crippen molar-refractivity contribution in [3.63, 3.8) is 0 Å². The van der Waals surface area contributed by atoms with Gasteiger partial charge in [-0.25, -0.2) is 4.39 Å². The third kappa shape index (κ3) is 2.33. The fourth-order valence-electron chi connectivity index (χ4n) is 4.23. The van der Waals surface area contributed by atoms with E-state index in [0.717, 1.165) is 25.2 Å². The molecular weight excluding hydrogens is 303 g/mol. The van der Waals surface area contributed by atoms with E-state index in [0.29, 0.717) is 5.92 Å². The van der Waals surface area contributed by atoms with Crippen molar-refractivity contribution >= 4 is 11.6 Å². The van der Waals surface area contributed by atoms with Crippen molar-refractivity contribution in [1.29, 1.82) is 0 Å². The molecule has 1 saturated heterocycles. The Balaban J connectivity index is 1.81. The molecule has 1 unspecified atom stereocenters. The normalized spacial score (nSPS) is 25.3. The van der Waals surface area contributed by atoms with E-state index in [4.69, 9.17) is 0 Å². The molecule has 0 radical (unpaired) electrons. The highest BCUT2D eigenvalue weighted by atomic mass is 19.1. The van der Waals surface area contributed by atoms with Crippen LogP contribution in [-0.2, 0) is 0 Å². The van der Waals surface area contributed by atoms with Crippen molar-refractivity contribution in [3.8, 4) is 0 Å². The van der Waals surface area contributed by atoms with Crippen molar-refractivity contribution in [2.75, 3.05) is 25.0 Å². The maximum absolute atomic E-state index is 14.2. The summed E-state index contributed by atoms with van der Waals surface area (Å²) in [6, 6.07) is 12.7. The Hall–Kier alpha value is -2.20. The van der Waals surface area contributed by atoms with Crippen molar-refractivity contribution in [2.24, 2.45) is 0 Å². The quantitative estimate of drug-likeness (QED) is 0.854. The third-order valence-electron chi connectivity index (χ3n) is 5.40. The Kier molecular flexibility index (Phi) is 3.65. The Morgan fingerprint density at radius 3 is 2.83 bits per heavy atom. The number of carbonyl (C=O) groups excluding carboxylic acids is 1. The summed E-state index contributed by atoms with van der Waals surface area (Å²) in [5.41, 5.74) is 3.56. The SMILES string of the molecule is Cc1ccc2c(c1)[C@@H]1C[NH+](C)CC[C@@H]1N2C(=O)c1ccccc1F. The van der Waals surface area contributed by atoms with Crippen LogP contribution in [0.3, 0.4) is 0 Å².